The molecular weight excluding hydrogens is 332 g/mol. The Morgan fingerprint density at radius 2 is 1.75 bits per heavy atom. The number of ether oxygens (including phenoxy) is 2. The van der Waals surface area contributed by atoms with Crippen molar-refractivity contribution < 1.29 is 19.4 Å². The zero-order chi connectivity index (χ0) is 17.5. The molecule has 0 aliphatic rings. The minimum atomic E-state index is -0.426. The lowest BCUT2D eigenvalue weighted by atomic mass is 10.1. The molecule has 7 heteroatoms. The van der Waals surface area contributed by atoms with Crippen molar-refractivity contribution in [1.82, 2.24) is 0 Å². The number of carbonyl (C=O) groups is 1. The maximum atomic E-state index is 12.1. The van der Waals surface area contributed by atoms with Crippen LogP contribution in [0, 0.1) is 0 Å². The molecule has 0 aromatic heterocycles. The molecule has 0 radical (unpaired) electrons. The summed E-state index contributed by atoms with van der Waals surface area (Å²) in [5, 5.41) is 14.7. The number of benzene rings is 2. The molecule has 0 saturated heterocycles. The molecule has 2 aromatic rings. The summed E-state index contributed by atoms with van der Waals surface area (Å²) in [6, 6.07) is 9.95. The highest BCUT2D eigenvalue weighted by atomic mass is 35.5. The number of halogens is 1. The highest BCUT2D eigenvalue weighted by Gasteiger charge is 2.12. The fraction of sp³-hybridized carbons (Fsp3) is 0.235. The molecule has 0 unspecified atom stereocenters. The van der Waals surface area contributed by atoms with Crippen LogP contribution in [0.1, 0.15) is 5.56 Å². The van der Waals surface area contributed by atoms with Crippen molar-refractivity contribution in [2.45, 2.75) is 6.42 Å². The van der Waals surface area contributed by atoms with Crippen LogP contribution in [0.4, 0.5) is 16.2 Å². The molecule has 0 aliphatic carbocycles. The van der Waals surface area contributed by atoms with Crippen LogP contribution in [-0.4, -0.2) is 32.0 Å². The van der Waals surface area contributed by atoms with Crippen molar-refractivity contribution in [2.24, 2.45) is 0 Å². The van der Waals surface area contributed by atoms with E-state index in [0.29, 0.717) is 34.3 Å². The first-order valence-electron chi connectivity index (χ1n) is 7.26. The van der Waals surface area contributed by atoms with Crippen molar-refractivity contribution in [3.8, 4) is 11.5 Å². The first-order chi connectivity index (χ1) is 11.6. The summed E-state index contributed by atoms with van der Waals surface area (Å²) in [4.78, 5) is 12.1. The lowest BCUT2D eigenvalue weighted by Crippen LogP contribution is -2.19. The Morgan fingerprint density at radius 1 is 1.08 bits per heavy atom. The number of hydrogen-bond acceptors (Lipinski definition) is 4. The zero-order valence-electron chi connectivity index (χ0n) is 13.4. The molecule has 128 valence electrons. The topological polar surface area (TPSA) is 79.8 Å². The number of rotatable bonds is 6. The number of aliphatic hydroxyl groups is 1. The molecule has 3 N–H and O–H groups in total. The molecule has 24 heavy (non-hydrogen) atoms. The quantitative estimate of drug-likeness (QED) is 0.744. The summed E-state index contributed by atoms with van der Waals surface area (Å²) in [6.07, 6.45) is 0.577. The van der Waals surface area contributed by atoms with E-state index in [1.165, 1.54) is 14.2 Å². The van der Waals surface area contributed by atoms with Gasteiger partial charge < -0.3 is 25.2 Å². The molecule has 6 nitrogen and oxygen atoms in total. The van der Waals surface area contributed by atoms with E-state index >= 15 is 0 Å². The van der Waals surface area contributed by atoms with Gasteiger partial charge in [-0.2, -0.15) is 0 Å². The molecular formula is C17H19ClN2O4. The molecule has 0 saturated carbocycles. The van der Waals surface area contributed by atoms with E-state index in [-0.39, 0.29) is 6.61 Å². The molecule has 0 heterocycles. The number of amides is 2. The van der Waals surface area contributed by atoms with Crippen molar-refractivity contribution in [3.05, 3.63) is 47.0 Å². The smallest absolute Gasteiger partial charge is 0.323 e. The molecule has 0 fully saturated rings. The van der Waals surface area contributed by atoms with Crippen LogP contribution in [0.25, 0.3) is 0 Å². The molecule has 2 rings (SSSR count). The standard InChI is InChI=1S/C17H19ClN2O4/c1-23-15-10-16(24-2)14(9-13(15)18)20-17(22)19-12-5-3-11(4-6-12)7-8-21/h3-6,9-10,21H,7-8H2,1-2H3,(H2,19,20,22). The van der Waals surface area contributed by atoms with Gasteiger partial charge in [0.1, 0.15) is 11.5 Å². The zero-order valence-corrected chi connectivity index (χ0v) is 14.2. The molecule has 2 amide bonds. The third kappa shape index (κ3) is 4.53. The Labute approximate surface area is 145 Å². The second kappa shape index (κ2) is 8.42. The molecule has 0 aliphatic heterocycles. The van der Waals surface area contributed by atoms with E-state index in [1.807, 2.05) is 12.1 Å². The lowest BCUT2D eigenvalue weighted by Gasteiger charge is -2.13. The Kier molecular flexibility index (Phi) is 6.28. The van der Waals surface area contributed by atoms with E-state index in [1.54, 1.807) is 24.3 Å². The summed E-state index contributed by atoms with van der Waals surface area (Å²) in [5.41, 5.74) is 2.05. The Morgan fingerprint density at radius 3 is 2.33 bits per heavy atom. The Bertz CT molecular complexity index is 704. The number of urea groups is 1. The number of hydrogen-bond donors (Lipinski definition) is 3. The summed E-state index contributed by atoms with van der Waals surface area (Å²) >= 11 is 6.08. The average molecular weight is 351 g/mol. The van der Waals surface area contributed by atoms with Crippen LogP contribution in [0.5, 0.6) is 11.5 Å². The second-order valence-corrected chi connectivity index (χ2v) is 5.34. The van der Waals surface area contributed by atoms with E-state index < -0.39 is 6.03 Å². The van der Waals surface area contributed by atoms with Crippen molar-refractivity contribution in [2.75, 3.05) is 31.5 Å². The number of aliphatic hydroxyl groups excluding tert-OH is 1. The molecule has 0 bridgehead atoms. The van der Waals surface area contributed by atoms with Gasteiger partial charge in [0, 0.05) is 18.4 Å². The predicted molar refractivity (Wildman–Crippen MR) is 94.4 cm³/mol. The van der Waals surface area contributed by atoms with E-state index in [2.05, 4.69) is 10.6 Å². The maximum absolute atomic E-state index is 12.1. The van der Waals surface area contributed by atoms with Gasteiger partial charge in [0.25, 0.3) is 0 Å². The molecule has 2 aromatic carbocycles. The monoisotopic (exact) mass is 350 g/mol. The number of methoxy groups -OCH3 is 2. The van der Waals surface area contributed by atoms with Crippen LogP contribution >= 0.6 is 11.6 Å². The van der Waals surface area contributed by atoms with Gasteiger partial charge in [0.2, 0.25) is 0 Å². The third-order valence-electron chi connectivity index (χ3n) is 3.33. The van der Waals surface area contributed by atoms with Crippen molar-refractivity contribution in [3.63, 3.8) is 0 Å². The van der Waals surface area contributed by atoms with Gasteiger partial charge in [0.15, 0.2) is 0 Å². The predicted octanol–water partition coefficient (Wildman–Crippen LogP) is 3.54. The summed E-state index contributed by atoms with van der Waals surface area (Å²) < 4.78 is 10.3. The summed E-state index contributed by atoms with van der Waals surface area (Å²) in [6.45, 7) is 0.0886. The van der Waals surface area contributed by atoms with Gasteiger partial charge in [-0.3, -0.25) is 0 Å². The van der Waals surface area contributed by atoms with Crippen LogP contribution in [0.2, 0.25) is 5.02 Å². The minimum absolute atomic E-state index is 0.0886. The van der Waals surface area contributed by atoms with Crippen LogP contribution in [0.15, 0.2) is 36.4 Å². The largest absolute Gasteiger partial charge is 0.495 e. The minimum Gasteiger partial charge on any atom is -0.495 e. The fourth-order valence-electron chi connectivity index (χ4n) is 2.13. The number of nitrogens with one attached hydrogen (secondary N) is 2. The van der Waals surface area contributed by atoms with Crippen LogP contribution < -0.4 is 20.1 Å². The van der Waals surface area contributed by atoms with Crippen LogP contribution in [0.3, 0.4) is 0 Å². The normalized spacial score (nSPS) is 10.2. The van der Waals surface area contributed by atoms with E-state index in [0.717, 1.165) is 5.56 Å². The Balaban J connectivity index is 2.07. The van der Waals surface area contributed by atoms with E-state index in [9.17, 15) is 4.79 Å². The molecule has 0 spiro atoms. The Hall–Kier alpha value is -2.44. The highest BCUT2D eigenvalue weighted by Crippen LogP contribution is 2.35. The maximum Gasteiger partial charge on any atom is 0.323 e. The van der Waals surface area contributed by atoms with E-state index in [4.69, 9.17) is 26.2 Å². The number of carbonyl (C=O) groups excluding carboxylic acids is 1. The van der Waals surface area contributed by atoms with Gasteiger partial charge in [-0.25, -0.2) is 4.79 Å². The van der Waals surface area contributed by atoms with Crippen molar-refractivity contribution in [1.29, 1.82) is 0 Å². The summed E-state index contributed by atoms with van der Waals surface area (Å²) in [7, 11) is 2.99. The van der Waals surface area contributed by atoms with Gasteiger partial charge in [0.05, 0.1) is 24.9 Å². The van der Waals surface area contributed by atoms with Gasteiger partial charge in [-0.15, -0.1) is 0 Å². The van der Waals surface area contributed by atoms with Gasteiger partial charge >= 0.3 is 6.03 Å². The average Bonchev–Trinajstić information content (AvgIpc) is 2.57. The summed E-state index contributed by atoms with van der Waals surface area (Å²) in [5.74, 6) is 0.892. The van der Waals surface area contributed by atoms with Gasteiger partial charge in [-0.05, 0) is 30.2 Å². The van der Waals surface area contributed by atoms with Crippen molar-refractivity contribution >= 4 is 29.0 Å². The number of anilines is 2. The fourth-order valence-corrected chi connectivity index (χ4v) is 2.37. The SMILES string of the molecule is COc1cc(OC)c(NC(=O)Nc2ccc(CCO)cc2)cc1Cl. The first kappa shape index (κ1) is 17.9. The molecule has 0 atom stereocenters. The third-order valence-corrected chi connectivity index (χ3v) is 3.63. The highest BCUT2D eigenvalue weighted by molar-refractivity contribution is 6.32. The lowest BCUT2D eigenvalue weighted by molar-refractivity contribution is 0.262. The second-order valence-electron chi connectivity index (χ2n) is 4.94. The van der Waals surface area contributed by atoms with Crippen LogP contribution in [-0.2, 0) is 6.42 Å². The van der Waals surface area contributed by atoms with Gasteiger partial charge in [-0.1, -0.05) is 23.7 Å². The first-order valence-corrected chi connectivity index (χ1v) is 7.64.